The van der Waals surface area contributed by atoms with Crippen molar-refractivity contribution in [3.8, 4) is 5.75 Å². The van der Waals surface area contributed by atoms with Gasteiger partial charge in [-0.1, -0.05) is 11.6 Å². The maximum absolute atomic E-state index is 13.9. The summed E-state index contributed by atoms with van der Waals surface area (Å²) in [6, 6.07) is 4.08. The molecule has 3 aromatic rings. The monoisotopic (exact) mass is 451 g/mol. The molecule has 0 radical (unpaired) electrons. The molecule has 0 aliphatic carbocycles. The van der Waals surface area contributed by atoms with Gasteiger partial charge in [0.1, 0.15) is 17.7 Å². The number of aromatic nitrogens is 3. The maximum Gasteiger partial charge on any atom is 0.258 e. The lowest BCUT2D eigenvalue weighted by Crippen LogP contribution is -2.34. The molecule has 1 N–H and O–H groups in total. The van der Waals surface area contributed by atoms with Gasteiger partial charge in [-0.25, -0.2) is 13.9 Å². The summed E-state index contributed by atoms with van der Waals surface area (Å²) in [7, 11) is 0. The van der Waals surface area contributed by atoms with Gasteiger partial charge < -0.3 is 15.0 Å². The summed E-state index contributed by atoms with van der Waals surface area (Å²) in [6.07, 6.45) is 4.88. The van der Waals surface area contributed by atoms with Crippen LogP contribution in [0.2, 0.25) is 5.02 Å². The highest BCUT2D eigenvalue weighted by Gasteiger charge is 2.31. The Bertz CT molecular complexity index is 1100. The number of benzene rings is 1. The van der Waals surface area contributed by atoms with Gasteiger partial charge in [-0.15, -0.1) is 12.4 Å². The molecule has 2 aromatic heterocycles. The Balaban J connectivity index is 0.00000218. The van der Waals surface area contributed by atoms with E-state index in [0.717, 1.165) is 37.2 Å². The molecule has 0 spiro atoms. The third-order valence-corrected chi connectivity index (χ3v) is 5.55. The molecule has 4 heterocycles. The summed E-state index contributed by atoms with van der Waals surface area (Å²) in [5, 5.41) is 8.25. The Labute approximate surface area is 183 Å². The van der Waals surface area contributed by atoms with Crippen LogP contribution in [0.1, 0.15) is 34.5 Å². The molecule has 10 heteroatoms. The molecule has 1 amide bonds. The zero-order chi connectivity index (χ0) is 20.0. The van der Waals surface area contributed by atoms with E-state index in [4.69, 9.17) is 16.3 Å². The summed E-state index contributed by atoms with van der Waals surface area (Å²) in [5.41, 5.74) is 2.74. The fourth-order valence-electron chi connectivity index (χ4n) is 3.90. The molecule has 1 fully saturated rings. The van der Waals surface area contributed by atoms with E-state index in [1.54, 1.807) is 21.8 Å². The minimum absolute atomic E-state index is 0. The van der Waals surface area contributed by atoms with Gasteiger partial charge in [-0.2, -0.15) is 5.10 Å². The Kier molecular flexibility index (Phi) is 5.81. The van der Waals surface area contributed by atoms with Crippen molar-refractivity contribution < 1.29 is 13.9 Å². The number of halogens is 3. The number of amides is 1. The second-order valence-electron chi connectivity index (χ2n) is 7.33. The van der Waals surface area contributed by atoms with E-state index < -0.39 is 5.82 Å². The van der Waals surface area contributed by atoms with E-state index in [1.807, 2.05) is 0 Å². The van der Waals surface area contributed by atoms with Crippen molar-refractivity contribution in [2.24, 2.45) is 0 Å². The molecule has 158 valence electrons. The normalized spacial score (nSPS) is 16.4. The van der Waals surface area contributed by atoms with Gasteiger partial charge in [0, 0.05) is 17.8 Å². The van der Waals surface area contributed by atoms with Crippen molar-refractivity contribution in [2.75, 3.05) is 13.1 Å². The van der Waals surface area contributed by atoms with Crippen LogP contribution < -0.4 is 10.1 Å². The first-order chi connectivity index (χ1) is 14.1. The lowest BCUT2D eigenvalue weighted by Gasteiger charge is -2.25. The Morgan fingerprint density at radius 3 is 2.87 bits per heavy atom. The number of carbonyl (C=O) groups excluding carboxylic acids is 1. The standard InChI is InChI=1S/C20H19ClFN5O2.ClH/c21-12-8-24-19-16-10-26(11-17(16)25-27(19)9-12)20(28)15-2-1-13(22)7-18(15)29-14-3-5-23-6-4-14;/h1-2,7-9,14,23H,3-6,10-11H2;1H. The molecule has 0 saturated carbocycles. The Morgan fingerprint density at radius 2 is 2.07 bits per heavy atom. The smallest absolute Gasteiger partial charge is 0.258 e. The summed E-state index contributed by atoms with van der Waals surface area (Å²) in [4.78, 5) is 19.2. The molecule has 7 nitrogen and oxygen atoms in total. The SMILES string of the molecule is Cl.O=C(c1ccc(F)cc1OC1CCNCC1)N1Cc2nn3cc(Cl)cnc3c2C1. The summed E-state index contributed by atoms with van der Waals surface area (Å²) >= 11 is 5.97. The van der Waals surface area contributed by atoms with Crippen LogP contribution in [0.25, 0.3) is 5.65 Å². The van der Waals surface area contributed by atoms with E-state index in [9.17, 15) is 9.18 Å². The van der Waals surface area contributed by atoms with Crippen LogP contribution in [-0.2, 0) is 13.1 Å². The molecule has 1 aromatic carbocycles. The van der Waals surface area contributed by atoms with Crippen molar-refractivity contribution in [2.45, 2.75) is 32.0 Å². The fourth-order valence-corrected chi connectivity index (χ4v) is 4.04. The zero-order valence-corrected chi connectivity index (χ0v) is 17.5. The summed E-state index contributed by atoms with van der Waals surface area (Å²) in [6.45, 7) is 2.44. The second-order valence-corrected chi connectivity index (χ2v) is 7.77. The van der Waals surface area contributed by atoms with Crippen LogP contribution in [0.15, 0.2) is 30.6 Å². The topological polar surface area (TPSA) is 71.8 Å². The van der Waals surface area contributed by atoms with Gasteiger partial charge in [0.15, 0.2) is 5.65 Å². The first kappa shape index (κ1) is 20.8. The molecule has 0 bridgehead atoms. The molecule has 30 heavy (non-hydrogen) atoms. The molecule has 2 aliphatic rings. The molecule has 2 aliphatic heterocycles. The number of piperidine rings is 1. The number of hydrogen-bond donors (Lipinski definition) is 1. The lowest BCUT2D eigenvalue weighted by molar-refractivity contribution is 0.0739. The van der Waals surface area contributed by atoms with Crippen LogP contribution in [0.3, 0.4) is 0 Å². The van der Waals surface area contributed by atoms with Gasteiger partial charge >= 0.3 is 0 Å². The van der Waals surface area contributed by atoms with Crippen LogP contribution in [-0.4, -0.2) is 44.6 Å². The molecule has 0 unspecified atom stereocenters. The number of ether oxygens (including phenoxy) is 1. The predicted molar refractivity (Wildman–Crippen MR) is 112 cm³/mol. The highest BCUT2D eigenvalue weighted by Crippen LogP contribution is 2.30. The first-order valence-electron chi connectivity index (χ1n) is 9.56. The molecular weight excluding hydrogens is 432 g/mol. The molecule has 5 rings (SSSR count). The maximum atomic E-state index is 13.9. The predicted octanol–water partition coefficient (Wildman–Crippen LogP) is 3.23. The van der Waals surface area contributed by atoms with Gasteiger partial charge in [-0.3, -0.25) is 4.79 Å². The lowest BCUT2D eigenvalue weighted by atomic mass is 10.1. The van der Waals surface area contributed by atoms with E-state index >= 15 is 0 Å². The van der Waals surface area contributed by atoms with E-state index in [0.29, 0.717) is 35.1 Å². The minimum atomic E-state index is -0.422. The first-order valence-corrected chi connectivity index (χ1v) is 9.94. The van der Waals surface area contributed by atoms with Crippen molar-refractivity contribution in [3.63, 3.8) is 0 Å². The third-order valence-electron chi connectivity index (χ3n) is 5.35. The summed E-state index contributed by atoms with van der Waals surface area (Å²) in [5.74, 6) is -0.335. The van der Waals surface area contributed by atoms with Crippen LogP contribution in [0.5, 0.6) is 5.75 Å². The highest BCUT2D eigenvalue weighted by molar-refractivity contribution is 6.30. The molecule has 0 atom stereocenters. The third kappa shape index (κ3) is 3.82. The molecular formula is C20H20Cl2FN5O2. The molecule has 1 saturated heterocycles. The van der Waals surface area contributed by atoms with Gasteiger partial charge in [0.2, 0.25) is 0 Å². The van der Waals surface area contributed by atoms with Gasteiger partial charge in [0.05, 0.1) is 35.6 Å². The van der Waals surface area contributed by atoms with Crippen LogP contribution in [0, 0.1) is 5.82 Å². The van der Waals surface area contributed by atoms with E-state index in [1.165, 1.54) is 18.2 Å². The number of nitrogens with one attached hydrogen (secondary N) is 1. The number of fused-ring (bicyclic) bond motifs is 3. The fraction of sp³-hybridized carbons (Fsp3) is 0.350. The Hall–Kier alpha value is -2.42. The van der Waals surface area contributed by atoms with Crippen molar-refractivity contribution >= 4 is 35.6 Å². The highest BCUT2D eigenvalue weighted by atomic mass is 35.5. The average Bonchev–Trinajstić information content (AvgIpc) is 3.26. The van der Waals surface area contributed by atoms with Crippen molar-refractivity contribution in [3.05, 3.63) is 58.3 Å². The largest absolute Gasteiger partial charge is 0.489 e. The van der Waals surface area contributed by atoms with Gasteiger partial charge in [-0.05, 0) is 38.1 Å². The minimum Gasteiger partial charge on any atom is -0.489 e. The number of rotatable bonds is 3. The second kappa shape index (κ2) is 8.37. The van der Waals surface area contributed by atoms with Crippen molar-refractivity contribution in [1.29, 1.82) is 0 Å². The van der Waals surface area contributed by atoms with E-state index in [2.05, 4.69) is 15.4 Å². The van der Waals surface area contributed by atoms with Crippen LogP contribution >= 0.6 is 24.0 Å². The quantitative estimate of drug-likeness (QED) is 0.661. The number of carbonyl (C=O) groups is 1. The van der Waals surface area contributed by atoms with Crippen LogP contribution in [0.4, 0.5) is 4.39 Å². The number of hydrogen-bond acceptors (Lipinski definition) is 5. The van der Waals surface area contributed by atoms with Crippen molar-refractivity contribution in [1.82, 2.24) is 24.8 Å². The van der Waals surface area contributed by atoms with Gasteiger partial charge in [0.25, 0.3) is 5.91 Å². The Morgan fingerprint density at radius 1 is 1.27 bits per heavy atom. The average molecular weight is 452 g/mol. The van der Waals surface area contributed by atoms with E-state index in [-0.39, 0.29) is 24.4 Å². The zero-order valence-electron chi connectivity index (χ0n) is 16.0. The summed E-state index contributed by atoms with van der Waals surface area (Å²) < 4.78 is 21.5. The number of nitrogens with zero attached hydrogens (tertiary/aromatic N) is 4.